The van der Waals surface area contributed by atoms with E-state index in [9.17, 15) is 4.79 Å². The molecule has 1 N–H and O–H groups in total. The fourth-order valence-corrected chi connectivity index (χ4v) is 3.97. The molecule has 29 heavy (non-hydrogen) atoms. The Hall–Kier alpha value is -3.13. The van der Waals surface area contributed by atoms with E-state index in [1.165, 1.54) is 11.3 Å². The summed E-state index contributed by atoms with van der Waals surface area (Å²) in [7, 11) is 1.66. The van der Waals surface area contributed by atoms with Gasteiger partial charge in [0.2, 0.25) is 0 Å². The van der Waals surface area contributed by atoms with Crippen molar-refractivity contribution >= 4 is 33.9 Å². The predicted molar refractivity (Wildman–Crippen MR) is 115 cm³/mol. The summed E-state index contributed by atoms with van der Waals surface area (Å²) in [6.07, 6.45) is 0. The van der Waals surface area contributed by atoms with E-state index in [0.29, 0.717) is 23.9 Å². The van der Waals surface area contributed by atoms with Crippen molar-refractivity contribution in [2.45, 2.75) is 6.92 Å². The molecule has 0 radical (unpaired) electrons. The van der Waals surface area contributed by atoms with Crippen LogP contribution >= 0.6 is 11.3 Å². The first-order valence-corrected chi connectivity index (χ1v) is 10.3. The number of hydrogen-bond donors (Lipinski definition) is 1. The Morgan fingerprint density at radius 1 is 1.07 bits per heavy atom. The van der Waals surface area contributed by atoms with Gasteiger partial charge in [0.05, 0.1) is 7.11 Å². The number of anilines is 3. The highest BCUT2D eigenvalue weighted by Crippen LogP contribution is 2.23. The zero-order valence-electron chi connectivity index (χ0n) is 16.5. The van der Waals surface area contributed by atoms with Crippen LogP contribution in [0.2, 0.25) is 0 Å². The number of nitrogens with one attached hydrogen (secondary N) is 1. The van der Waals surface area contributed by atoms with E-state index in [2.05, 4.69) is 20.2 Å². The van der Waals surface area contributed by atoms with Gasteiger partial charge in [0.1, 0.15) is 17.3 Å². The van der Waals surface area contributed by atoms with Crippen LogP contribution in [0, 0.1) is 6.92 Å². The molecule has 1 aromatic carbocycles. The number of carbonyl (C=O) groups excluding carboxylic acids is 1. The summed E-state index contributed by atoms with van der Waals surface area (Å²) in [6, 6.07) is 13.8. The summed E-state index contributed by atoms with van der Waals surface area (Å²) < 4.78 is 5.21. The fraction of sp³-hybridized carbons (Fsp3) is 0.286. The lowest BCUT2D eigenvalue weighted by atomic mass is 10.2. The number of aryl methyl sites for hydroxylation is 1. The van der Waals surface area contributed by atoms with Gasteiger partial charge in [-0.3, -0.25) is 4.79 Å². The first kappa shape index (κ1) is 19.2. The molecule has 0 saturated carbocycles. The maximum absolute atomic E-state index is 12.8. The monoisotopic (exact) mass is 409 g/mol. The first-order valence-electron chi connectivity index (χ1n) is 9.47. The number of carbonyl (C=O) groups is 1. The molecule has 4 rings (SSSR count). The molecule has 1 amide bonds. The van der Waals surface area contributed by atoms with Gasteiger partial charge < -0.3 is 19.9 Å². The number of hydrogen-bond acceptors (Lipinski definition) is 7. The number of aromatic nitrogens is 2. The highest BCUT2D eigenvalue weighted by atomic mass is 32.1. The highest BCUT2D eigenvalue weighted by molar-refractivity contribution is 7.14. The molecule has 3 heterocycles. The van der Waals surface area contributed by atoms with E-state index < -0.39 is 0 Å². The molecule has 0 bridgehead atoms. The third kappa shape index (κ3) is 4.48. The molecule has 150 valence electrons. The van der Waals surface area contributed by atoms with Crippen LogP contribution in [0.15, 0.2) is 47.8 Å². The normalized spacial score (nSPS) is 14.0. The second-order valence-corrected chi connectivity index (χ2v) is 7.66. The van der Waals surface area contributed by atoms with Gasteiger partial charge in [-0.1, -0.05) is 6.07 Å². The molecular weight excluding hydrogens is 386 g/mol. The predicted octanol–water partition coefficient (Wildman–Crippen LogP) is 3.56. The van der Waals surface area contributed by atoms with Crippen molar-refractivity contribution < 1.29 is 9.53 Å². The number of benzene rings is 1. The van der Waals surface area contributed by atoms with Crippen LogP contribution in [-0.2, 0) is 0 Å². The zero-order chi connectivity index (χ0) is 20.2. The Morgan fingerprint density at radius 2 is 1.83 bits per heavy atom. The molecule has 0 unspecified atom stereocenters. The van der Waals surface area contributed by atoms with E-state index in [4.69, 9.17) is 4.74 Å². The Labute approximate surface area is 174 Å². The van der Waals surface area contributed by atoms with Crippen molar-refractivity contribution in [3.63, 3.8) is 0 Å². The lowest BCUT2D eigenvalue weighted by molar-refractivity contribution is 0.0742. The van der Waals surface area contributed by atoms with E-state index in [-0.39, 0.29) is 5.91 Å². The van der Waals surface area contributed by atoms with Crippen molar-refractivity contribution in [2.24, 2.45) is 0 Å². The Balaban J connectivity index is 1.35. The lowest BCUT2D eigenvalue weighted by Gasteiger charge is -2.35. The van der Waals surface area contributed by atoms with Crippen LogP contribution in [0.5, 0.6) is 5.75 Å². The zero-order valence-corrected chi connectivity index (χ0v) is 17.3. The molecule has 1 aliphatic rings. The van der Waals surface area contributed by atoms with Gasteiger partial charge in [0.15, 0.2) is 5.13 Å². The SMILES string of the molecule is COc1ccc(N2CCN(C(=O)c3csc(Nc4cccc(C)n4)n3)CC2)cc1. The van der Waals surface area contributed by atoms with Gasteiger partial charge in [0.25, 0.3) is 5.91 Å². The van der Waals surface area contributed by atoms with E-state index in [1.807, 2.05) is 54.3 Å². The maximum atomic E-state index is 12.8. The van der Waals surface area contributed by atoms with Crippen molar-refractivity contribution in [3.05, 3.63) is 59.2 Å². The molecule has 8 heteroatoms. The molecule has 7 nitrogen and oxygen atoms in total. The Bertz CT molecular complexity index is 981. The third-order valence-corrected chi connectivity index (χ3v) is 5.61. The summed E-state index contributed by atoms with van der Waals surface area (Å²) in [5.74, 6) is 1.55. The van der Waals surface area contributed by atoms with Crippen molar-refractivity contribution in [3.8, 4) is 5.75 Å². The highest BCUT2D eigenvalue weighted by Gasteiger charge is 2.24. The minimum atomic E-state index is -0.0270. The quantitative estimate of drug-likeness (QED) is 0.695. The minimum Gasteiger partial charge on any atom is -0.497 e. The van der Waals surface area contributed by atoms with Gasteiger partial charge in [-0.05, 0) is 43.3 Å². The number of thiazole rings is 1. The van der Waals surface area contributed by atoms with E-state index in [0.717, 1.165) is 36.0 Å². The average Bonchev–Trinajstić information content (AvgIpc) is 3.22. The van der Waals surface area contributed by atoms with Crippen LogP contribution in [0.25, 0.3) is 0 Å². The maximum Gasteiger partial charge on any atom is 0.273 e. The van der Waals surface area contributed by atoms with E-state index in [1.54, 1.807) is 12.5 Å². The Kier molecular flexibility index (Phi) is 5.62. The molecule has 0 aliphatic carbocycles. The molecule has 1 aliphatic heterocycles. The standard InChI is InChI=1S/C21H23N5O2S/c1-15-4-3-5-19(22-15)24-21-23-18(14-29-21)20(27)26-12-10-25(11-13-26)16-6-8-17(28-2)9-7-16/h3-9,14H,10-13H2,1-2H3,(H,22,23,24). The second-order valence-electron chi connectivity index (χ2n) is 6.80. The Morgan fingerprint density at radius 3 is 2.52 bits per heavy atom. The van der Waals surface area contributed by atoms with Gasteiger partial charge in [-0.15, -0.1) is 11.3 Å². The van der Waals surface area contributed by atoms with Crippen molar-refractivity contribution in [1.29, 1.82) is 0 Å². The van der Waals surface area contributed by atoms with Gasteiger partial charge in [-0.2, -0.15) is 0 Å². The van der Waals surface area contributed by atoms with Crippen molar-refractivity contribution in [1.82, 2.24) is 14.9 Å². The molecule has 1 saturated heterocycles. The number of piperazine rings is 1. The largest absolute Gasteiger partial charge is 0.497 e. The molecule has 3 aromatic rings. The molecular formula is C21H23N5O2S. The number of nitrogens with zero attached hydrogens (tertiary/aromatic N) is 4. The van der Waals surface area contributed by atoms with Crippen LogP contribution in [0.3, 0.4) is 0 Å². The lowest BCUT2D eigenvalue weighted by Crippen LogP contribution is -2.48. The molecule has 0 spiro atoms. The summed E-state index contributed by atoms with van der Waals surface area (Å²) in [6.45, 7) is 4.86. The fourth-order valence-electron chi connectivity index (χ4n) is 3.27. The summed E-state index contributed by atoms with van der Waals surface area (Å²) >= 11 is 1.41. The number of amides is 1. The minimum absolute atomic E-state index is 0.0270. The molecule has 0 atom stereocenters. The van der Waals surface area contributed by atoms with Crippen LogP contribution in [0.1, 0.15) is 16.2 Å². The topological polar surface area (TPSA) is 70.6 Å². The van der Waals surface area contributed by atoms with Crippen LogP contribution < -0.4 is 15.0 Å². The number of methoxy groups -OCH3 is 1. The second kappa shape index (κ2) is 8.48. The van der Waals surface area contributed by atoms with E-state index >= 15 is 0 Å². The third-order valence-electron chi connectivity index (χ3n) is 4.85. The summed E-state index contributed by atoms with van der Waals surface area (Å²) in [5, 5.41) is 5.64. The van der Waals surface area contributed by atoms with Crippen LogP contribution in [0.4, 0.5) is 16.6 Å². The molecule has 1 fully saturated rings. The summed E-state index contributed by atoms with van der Waals surface area (Å²) in [5.41, 5.74) is 2.55. The number of pyridine rings is 1. The van der Waals surface area contributed by atoms with Crippen molar-refractivity contribution in [2.75, 3.05) is 43.5 Å². The average molecular weight is 410 g/mol. The van der Waals surface area contributed by atoms with Gasteiger partial charge in [-0.25, -0.2) is 9.97 Å². The van der Waals surface area contributed by atoms with Crippen LogP contribution in [-0.4, -0.2) is 54.1 Å². The molecule has 2 aromatic heterocycles. The number of rotatable bonds is 5. The smallest absolute Gasteiger partial charge is 0.273 e. The first-order chi connectivity index (χ1) is 14.1. The van der Waals surface area contributed by atoms with Gasteiger partial charge in [0, 0.05) is 42.9 Å². The number of ether oxygens (including phenoxy) is 1. The van der Waals surface area contributed by atoms with Gasteiger partial charge >= 0.3 is 0 Å². The summed E-state index contributed by atoms with van der Waals surface area (Å²) in [4.78, 5) is 25.8.